The van der Waals surface area contributed by atoms with Crippen LogP contribution in [0.2, 0.25) is 0 Å². The molecular formula is C32H39BN4O6. The number of hydrogen-bond acceptors (Lipinski definition) is 7. The first-order valence-corrected chi connectivity index (χ1v) is 14.9. The molecule has 2 N–H and O–H groups in total. The van der Waals surface area contributed by atoms with Gasteiger partial charge in [-0.1, -0.05) is 32.0 Å². The molecule has 2 aromatic heterocycles. The number of nitrogens with zero attached hydrogens (tertiary/aromatic N) is 2. The van der Waals surface area contributed by atoms with Crippen molar-refractivity contribution in [3.63, 3.8) is 0 Å². The van der Waals surface area contributed by atoms with Gasteiger partial charge in [-0.2, -0.15) is 0 Å². The lowest BCUT2D eigenvalue weighted by molar-refractivity contribution is -0.135. The van der Waals surface area contributed by atoms with Gasteiger partial charge in [-0.3, -0.25) is 4.79 Å². The van der Waals surface area contributed by atoms with Crippen LogP contribution in [0, 0.1) is 5.92 Å². The number of likely N-dealkylation sites (tertiary alicyclic amines) is 1. The summed E-state index contributed by atoms with van der Waals surface area (Å²) in [5.41, 5.74) is 3.27. The smallest absolute Gasteiger partial charge is 0.456 e. The van der Waals surface area contributed by atoms with Gasteiger partial charge in [-0.25, -0.2) is 9.78 Å². The average Bonchev–Trinajstić information content (AvgIpc) is 3.74. The van der Waals surface area contributed by atoms with Crippen LogP contribution >= 0.6 is 0 Å². The molecule has 226 valence electrons. The third kappa shape index (κ3) is 5.18. The van der Waals surface area contributed by atoms with Crippen molar-refractivity contribution in [1.29, 1.82) is 0 Å². The average molecular weight is 586 g/mol. The second-order valence-electron chi connectivity index (χ2n) is 12.9. The molecule has 6 rings (SSSR count). The number of aromatic amines is 1. The van der Waals surface area contributed by atoms with Crippen molar-refractivity contribution in [1.82, 2.24) is 20.2 Å². The molecule has 0 spiro atoms. The zero-order valence-electron chi connectivity index (χ0n) is 25.8. The number of H-pyrrole nitrogens is 1. The molecule has 0 bridgehead atoms. The fourth-order valence-electron chi connectivity index (χ4n) is 5.93. The molecule has 11 heteroatoms. The predicted molar refractivity (Wildman–Crippen MR) is 165 cm³/mol. The lowest BCUT2D eigenvalue weighted by atomic mass is 9.79. The number of ether oxygens (including phenoxy) is 1. The summed E-state index contributed by atoms with van der Waals surface area (Å²) in [6.45, 7) is 12.6. The third-order valence-electron chi connectivity index (χ3n) is 9.16. The van der Waals surface area contributed by atoms with Gasteiger partial charge in [-0.05, 0) is 70.1 Å². The van der Waals surface area contributed by atoms with Crippen LogP contribution in [-0.2, 0) is 18.8 Å². The van der Waals surface area contributed by atoms with Gasteiger partial charge in [0.1, 0.15) is 23.0 Å². The molecule has 2 amide bonds. The molecular weight excluding hydrogens is 547 g/mol. The first kappa shape index (κ1) is 29.3. The fraction of sp³-hybridized carbons (Fsp3) is 0.469. The summed E-state index contributed by atoms with van der Waals surface area (Å²) < 4.78 is 23.5. The SMILES string of the molecule is COC(=O)NC(C(=O)N1CCCC1c1nc(-c2ccc3c(c2)oc2cc(B4OC(C)(C)C(C)(C)O4)ccc23)c[nH]1)C(C)C. The van der Waals surface area contributed by atoms with E-state index in [1.54, 1.807) is 0 Å². The maximum atomic E-state index is 13.5. The highest BCUT2D eigenvalue weighted by Gasteiger charge is 2.51. The number of fused-ring (bicyclic) bond motifs is 3. The fourth-order valence-corrected chi connectivity index (χ4v) is 5.93. The van der Waals surface area contributed by atoms with E-state index >= 15 is 0 Å². The molecule has 2 saturated heterocycles. The topological polar surface area (TPSA) is 119 Å². The first-order chi connectivity index (χ1) is 20.4. The number of aromatic nitrogens is 2. The molecule has 2 unspecified atom stereocenters. The van der Waals surface area contributed by atoms with Gasteiger partial charge in [0.15, 0.2) is 0 Å². The largest absolute Gasteiger partial charge is 0.494 e. The van der Waals surface area contributed by atoms with Crippen molar-refractivity contribution < 1.29 is 28.1 Å². The van der Waals surface area contributed by atoms with E-state index in [1.165, 1.54) is 7.11 Å². The molecule has 4 heterocycles. The van der Waals surface area contributed by atoms with E-state index in [4.69, 9.17) is 23.4 Å². The van der Waals surface area contributed by atoms with Crippen LogP contribution < -0.4 is 10.8 Å². The summed E-state index contributed by atoms with van der Waals surface area (Å²) >= 11 is 0. The normalized spacial score (nSPS) is 20.3. The van der Waals surface area contributed by atoms with Crippen molar-refractivity contribution in [2.75, 3.05) is 13.7 Å². The van der Waals surface area contributed by atoms with Crippen molar-refractivity contribution in [3.8, 4) is 11.3 Å². The molecule has 43 heavy (non-hydrogen) atoms. The lowest BCUT2D eigenvalue weighted by Gasteiger charge is -2.32. The maximum absolute atomic E-state index is 13.5. The van der Waals surface area contributed by atoms with E-state index in [1.807, 2.05) is 76.9 Å². The Morgan fingerprint density at radius 1 is 1.07 bits per heavy atom. The van der Waals surface area contributed by atoms with E-state index in [0.29, 0.717) is 6.54 Å². The zero-order valence-corrected chi connectivity index (χ0v) is 25.8. The number of benzene rings is 2. The Bertz CT molecular complexity index is 1680. The minimum Gasteiger partial charge on any atom is -0.456 e. The number of imidazole rings is 1. The number of rotatable bonds is 6. The Kier molecular flexibility index (Phi) is 7.29. The number of carbonyl (C=O) groups is 2. The highest BCUT2D eigenvalue weighted by molar-refractivity contribution is 6.62. The molecule has 4 aromatic rings. The molecule has 2 aliphatic rings. The van der Waals surface area contributed by atoms with Gasteiger partial charge in [0.2, 0.25) is 5.91 Å². The van der Waals surface area contributed by atoms with E-state index in [2.05, 4.69) is 22.4 Å². The van der Waals surface area contributed by atoms with Crippen molar-refractivity contribution in [2.24, 2.45) is 5.92 Å². The highest BCUT2D eigenvalue weighted by atomic mass is 16.7. The van der Waals surface area contributed by atoms with E-state index in [9.17, 15) is 9.59 Å². The van der Waals surface area contributed by atoms with Crippen LogP contribution in [-0.4, -0.2) is 64.9 Å². The quantitative estimate of drug-likeness (QED) is 0.294. The van der Waals surface area contributed by atoms with E-state index in [0.717, 1.165) is 57.3 Å². The van der Waals surface area contributed by atoms with Crippen molar-refractivity contribution in [3.05, 3.63) is 48.4 Å². The Hall–Kier alpha value is -3.83. The van der Waals surface area contributed by atoms with Gasteiger partial charge in [-0.15, -0.1) is 0 Å². The second-order valence-corrected chi connectivity index (χ2v) is 12.9. The highest BCUT2D eigenvalue weighted by Crippen LogP contribution is 2.38. The lowest BCUT2D eigenvalue weighted by Crippen LogP contribution is -2.51. The summed E-state index contributed by atoms with van der Waals surface area (Å²) in [4.78, 5) is 35.4. The minimum atomic E-state index is -0.678. The Balaban J connectivity index is 1.24. The summed E-state index contributed by atoms with van der Waals surface area (Å²) in [6, 6.07) is 11.3. The second kappa shape index (κ2) is 10.7. The summed E-state index contributed by atoms with van der Waals surface area (Å²) in [5, 5.41) is 4.73. The number of methoxy groups -OCH3 is 1. The molecule has 10 nitrogen and oxygen atoms in total. The number of hydrogen-bond donors (Lipinski definition) is 2. The maximum Gasteiger partial charge on any atom is 0.494 e. The molecule has 2 aromatic carbocycles. The van der Waals surface area contributed by atoms with Gasteiger partial charge >= 0.3 is 13.2 Å². The van der Waals surface area contributed by atoms with Crippen LogP contribution in [0.5, 0.6) is 0 Å². The molecule has 0 aliphatic carbocycles. The minimum absolute atomic E-state index is 0.0940. The van der Waals surface area contributed by atoms with Gasteiger partial charge in [0.25, 0.3) is 0 Å². The van der Waals surface area contributed by atoms with Crippen molar-refractivity contribution >= 4 is 46.5 Å². The van der Waals surface area contributed by atoms with Crippen LogP contribution in [0.1, 0.15) is 66.3 Å². The van der Waals surface area contributed by atoms with Crippen LogP contribution in [0.15, 0.2) is 47.0 Å². The molecule has 0 radical (unpaired) electrons. The number of carbonyl (C=O) groups excluding carboxylic acids is 2. The standard InChI is InChI=1S/C32H39BN4O6/c1-18(2)27(36-30(39)40-7)29(38)37-14-8-9-24(37)28-34-17-23(35-28)19-10-12-21-22-13-11-20(16-26(22)41-25(21)15-19)33-42-31(3,4)32(5,6)43-33/h10-13,15-18,24,27H,8-9,14H2,1-7H3,(H,34,35)(H,36,39). The van der Waals surface area contributed by atoms with E-state index in [-0.39, 0.29) is 17.9 Å². The molecule has 2 aliphatic heterocycles. The van der Waals surface area contributed by atoms with Gasteiger partial charge in [0, 0.05) is 29.1 Å². The van der Waals surface area contributed by atoms with Crippen LogP contribution in [0.3, 0.4) is 0 Å². The van der Waals surface area contributed by atoms with Gasteiger partial charge < -0.3 is 33.7 Å². The zero-order chi connectivity index (χ0) is 30.7. The number of nitrogens with one attached hydrogen (secondary N) is 2. The summed E-state index contributed by atoms with van der Waals surface area (Å²) in [5.74, 6) is 0.492. The number of alkyl carbamates (subject to hydrolysis) is 1. The molecule has 0 saturated carbocycles. The Morgan fingerprint density at radius 3 is 2.42 bits per heavy atom. The van der Waals surface area contributed by atoms with Crippen molar-refractivity contribution in [2.45, 2.75) is 77.7 Å². The summed E-state index contributed by atoms with van der Waals surface area (Å²) in [6.07, 6.45) is 2.89. The van der Waals surface area contributed by atoms with Crippen LogP contribution in [0.25, 0.3) is 33.2 Å². The monoisotopic (exact) mass is 586 g/mol. The van der Waals surface area contributed by atoms with E-state index < -0.39 is 30.5 Å². The van der Waals surface area contributed by atoms with Gasteiger partial charge in [0.05, 0.1) is 30.0 Å². The Morgan fingerprint density at radius 2 is 1.74 bits per heavy atom. The Labute approximate surface area is 251 Å². The number of amides is 2. The first-order valence-electron chi connectivity index (χ1n) is 14.9. The molecule has 2 fully saturated rings. The number of furan rings is 1. The summed E-state index contributed by atoms with van der Waals surface area (Å²) in [7, 11) is 0.830. The predicted octanol–water partition coefficient (Wildman–Crippen LogP) is 5.32. The third-order valence-corrected chi connectivity index (χ3v) is 9.16. The molecule has 2 atom stereocenters. The van der Waals surface area contributed by atoms with Crippen LogP contribution in [0.4, 0.5) is 4.79 Å².